The lowest BCUT2D eigenvalue weighted by molar-refractivity contribution is 0.404. The molecule has 0 aliphatic heterocycles. The fourth-order valence-electron chi connectivity index (χ4n) is 1.65. The third-order valence-electron chi connectivity index (χ3n) is 2.49. The standard InChI is InChI=1S/C12H16N2OS/c1-3-11(12-5-4-6-15-12)14-8-10-7-13-9(2)16-10/h4-7,11,14H,3,8H2,1-2H3. The van der Waals surface area contributed by atoms with E-state index in [0.717, 1.165) is 23.7 Å². The van der Waals surface area contributed by atoms with Gasteiger partial charge in [0.25, 0.3) is 0 Å². The number of nitrogens with zero attached hydrogens (tertiary/aromatic N) is 1. The van der Waals surface area contributed by atoms with Crippen LogP contribution < -0.4 is 5.32 Å². The highest BCUT2D eigenvalue weighted by atomic mass is 32.1. The highest BCUT2D eigenvalue weighted by Crippen LogP contribution is 2.18. The van der Waals surface area contributed by atoms with E-state index in [2.05, 4.69) is 17.2 Å². The minimum atomic E-state index is 0.289. The second kappa shape index (κ2) is 5.27. The zero-order chi connectivity index (χ0) is 11.4. The summed E-state index contributed by atoms with van der Waals surface area (Å²) in [6.45, 7) is 5.03. The molecule has 16 heavy (non-hydrogen) atoms. The molecule has 0 spiro atoms. The van der Waals surface area contributed by atoms with Crippen molar-refractivity contribution in [3.63, 3.8) is 0 Å². The normalized spacial score (nSPS) is 12.9. The number of hydrogen-bond acceptors (Lipinski definition) is 4. The van der Waals surface area contributed by atoms with Gasteiger partial charge in [-0.1, -0.05) is 6.92 Å². The van der Waals surface area contributed by atoms with Crippen molar-refractivity contribution in [3.05, 3.63) is 40.2 Å². The van der Waals surface area contributed by atoms with Crippen molar-refractivity contribution in [2.75, 3.05) is 0 Å². The molecule has 0 saturated carbocycles. The molecule has 0 radical (unpaired) electrons. The second-order valence-electron chi connectivity index (χ2n) is 3.70. The van der Waals surface area contributed by atoms with Gasteiger partial charge in [-0.25, -0.2) is 4.98 Å². The largest absolute Gasteiger partial charge is 0.468 e. The Labute approximate surface area is 99.5 Å². The molecule has 2 rings (SSSR count). The van der Waals surface area contributed by atoms with Crippen LogP contribution in [-0.4, -0.2) is 4.98 Å². The molecule has 0 aliphatic rings. The van der Waals surface area contributed by atoms with Crippen LogP contribution >= 0.6 is 11.3 Å². The van der Waals surface area contributed by atoms with Crippen LogP contribution in [0.25, 0.3) is 0 Å². The minimum Gasteiger partial charge on any atom is -0.468 e. The van der Waals surface area contributed by atoms with E-state index in [0.29, 0.717) is 0 Å². The molecule has 0 bridgehead atoms. The van der Waals surface area contributed by atoms with E-state index in [1.165, 1.54) is 4.88 Å². The van der Waals surface area contributed by atoms with Crippen LogP contribution in [0.15, 0.2) is 29.0 Å². The molecule has 2 aromatic rings. The molecule has 2 heterocycles. The SMILES string of the molecule is CCC(NCc1cnc(C)s1)c1ccco1. The Morgan fingerprint density at radius 1 is 1.56 bits per heavy atom. The van der Waals surface area contributed by atoms with Gasteiger partial charge < -0.3 is 9.73 Å². The molecule has 3 nitrogen and oxygen atoms in total. The van der Waals surface area contributed by atoms with E-state index in [9.17, 15) is 0 Å². The van der Waals surface area contributed by atoms with E-state index in [4.69, 9.17) is 4.42 Å². The first kappa shape index (κ1) is 11.4. The number of furan rings is 1. The molecular weight excluding hydrogens is 220 g/mol. The average molecular weight is 236 g/mol. The third-order valence-corrected chi connectivity index (χ3v) is 3.40. The summed E-state index contributed by atoms with van der Waals surface area (Å²) in [5.41, 5.74) is 0. The number of aromatic nitrogens is 1. The summed E-state index contributed by atoms with van der Waals surface area (Å²) in [6.07, 6.45) is 4.67. The first-order chi connectivity index (χ1) is 7.79. The van der Waals surface area contributed by atoms with Crippen LogP contribution in [0.2, 0.25) is 0 Å². The van der Waals surface area contributed by atoms with Gasteiger partial charge in [-0.3, -0.25) is 0 Å². The summed E-state index contributed by atoms with van der Waals surface area (Å²) in [6, 6.07) is 4.23. The number of hydrogen-bond donors (Lipinski definition) is 1. The summed E-state index contributed by atoms with van der Waals surface area (Å²) in [5.74, 6) is 1.00. The Morgan fingerprint density at radius 3 is 3.00 bits per heavy atom. The van der Waals surface area contributed by atoms with Crippen molar-refractivity contribution < 1.29 is 4.42 Å². The highest BCUT2D eigenvalue weighted by Gasteiger charge is 2.11. The molecule has 0 saturated heterocycles. The zero-order valence-corrected chi connectivity index (χ0v) is 10.4. The van der Waals surface area contributed by atoms with Gasteiger partial charge in [0.15, 0.2) is 0 Å². The topological polar surface area (TPSA) is 38.1 Å². The van der Waals surface area contributed by atoms with E-state index in [-0.39, 0.29) is 6.04 Å². The molecule has 2 aromatic heterocycles. The molecule has 0 aromatic carbocycles. The number of aryl methyl sites for hydroxylation is 1. The van der Waals surface area contributed by atoms with E-state index in [1.54, 1.807) is 17.6 Å². The molecule has 0 fully saturated rings. The van der Waals surface area contributed by atoms with Crippen LogP contribution in [0.5, 0.6) is 0 Å². The minimum absolute atomic E-state index is 0.289. The Balaban J connectivity index is 1.93. The molecule has 4 heteroatoms. The molecule has 0 aliphatic carbocycles. The lowest BCUT2D eigenvalue weighted by Gasteiger charge is -2.13. The van der Waals surface area contributed by atoms with Gasteiger partial charge in [0, 0.05) is 17.6 Å². The zero-order valence-electron chi connectivity index (χ0n) is 9.56. The highest BCUT2D eigenvalue weighted by molar-refractivity contribution is 7.11. The lowest BCUT2D eigenvalue weighted by Crippen LogP contribution is -2.19. The first-order valence-corrected chi connectivity index (χ1v) is 6.29. The Hall–Kier alpha value is -1.13. The predicted octanol–water partition coefficient (Wildman–Crippen LogP) is 3.29. The fourth-order valence-corrected chi connectivity index (χ4v) is 2.39. The van der Waals surface area contributed by atoms with Gasteiger partial charge in [-0.05, 0) is 25.5 Å². The first-order valence-electron chi connectivity index (χ1n) is 5.47. The summed E-state index contributed by atoms with van der Waals surface area (Å²) in [7, 11) is 0. The average Bonchev–Trinajstić information content (AvgIpc) is 2.91. The second-order valence-corrected chi connectivity index (χ2v) is 5.02. The summed E-state index contributed by atoms with van der Waals surface area (Å²) in [4.78, 5) is 5.50. The van der Waals surface area contributed by atoms with Gasteiger partial charge >= 0.3 is 0 Å². The van der Waals surface area contributed by atoms with Crippen molar-refractivity contribution in [2.45, 2.75) is 32.9 Å². The number of rotatable bonds is 5. The van der Waals surface area contributed by atoms with Crippen LogP contribution in [0.3, 0.4) is 0 Å². The van der Waals surface area contributed by atoms with Gasteiger partial charge in [0.2, 0.25) is 0 Å². The van der Waals surface area contributed by atoms with Crippen molar-refractivity contribution >= 4 is 11.3 Å². The monoisotopic (exact) mass is 236 g/mol. The van der Waals surface area contributed by atoms with Gasteiger partial charge in [0.05, 0.1) is 17.3 Å². The molecule has 0 amide bonds. The quantitative estimate of drug-likeness (QED) is 0.865. The van der Waals surface area contributed by atoms with Crippen LogP contribution in [0, 0.1) is 6.92 Å². The summed E-state index contributed by atoms with van der Waals surface area (Å²) < 4.78 is 5.41. The van der Waals surface area contributed by atoms with E-state index >= 15 is 0 Å². The van der Waals surface area contributed by atoms with Crippen molar-refractivity contribution in [1.29, 1.82) is 0 Å². The lowest BCUT2D eigenvalue weighted by atomic mass is 10.2. The van der Waals surface area contributed by atoms with Crippen molar-refractivity contribution in [3.8, 4) is 0 Å². The smallest absolute Gasteiger partial charge is 0.120 e. The van der Waals surface area contributed by atoms with Crippen LogP contribution in [0.4, 0.5) is 0 Å². The fraction of sp³-hybridized carbons (Fsp3) is 0.417. The number of thiazole rings is 1. The van der Waals surface area contributed by atoms with Crippen molar-refractivity contribution in [2.24, 2.45) is 0 Å². The molecular formula is C12H16N2OS. The Morgan fingerprint density at radius 2 is 2.44 bits per heavy atom. The van der Waals surface area contributed by atoms with Gasteiger partial charge in [-0.2, -0.15) is 0 Å². The van der Waals surface area contributed by atoms with Crippen molar-refractivity contribution in [1.82, 2.24) is 10.3 Å². The van der Waals surface area contributed by atoms with E-state index in [1.807, 2.05) is 25.3 Å². The Kier molecular flexibility index (Phi) is 3.74. The molecule has 1 N–H and O–H groups in total. The maximum atomic E-state index is 5.41. The van der Waals surface area contributed by atoms with Crippen LogP contribution in [0.1, 0.15) is 35.0 Å². The van der Waals surface area contributed by atoms with E-state index < -0.39 is 0 Å². The molecule has 1 atom stereocenters. The van der Waals surface area contributed by atoms with Crippen LogP contribution in [-0.2, 0) is 6.54 Å². The molecule has 86 valence electrons. The predicted molar refractivity (Wildman–Crippen MR) is 65.4 cm³/mol. The third kappa shape index (κ3) is 2.71. The summed E-state index contributed by atoms with van der Waals surface area (Å²) in [5, 5.41) is 4.59. The summed E-state index contributed by atoms with van der Waals surface area (Å²) >= 11 is 1.73. The van der Waals surface area contributed by atoms with Gasteiger partial charge in [0.1, 0.15) is 5.76 Å². The maximum absolute atomic E-state index is 5.41. The molecule has 1 unspecified atom stereocenters. The maximum Gasteiger partial charge on any atom is 0.120 e. The van der Waals surface area contributed by atoms with Gasteiger partial charge in [-0.15, -0.1) is 11.3 Å². The number of nitrogens with one attached hydrogen (secondary N) is 1. The Bertz CT molecular complexity index is 422.